The number of nitro groups is 1. The number of hydrogen-bond donors (Lipinski definition) is 3. The molecule has 0 radical (unpaired) electrons. The van der Waals surface area contributed by atoms with Crippen molar-refractivity contribution in [1.82, 2.24) is 9.97 Å². The summed E-state index contributed by atoms with van der Waals surface area (Å²) in [4.78, 5) is 27.1. The summed E-state index contributed by atoms with van der Waals surface area (Å²) in [5.74, 6) is 0. The SMILES string of the molecule is O=c1[nH]c2ccc(CNc3ccc(Cl)cc3[N+](=O)[O-])cc2[nH]1. The largest absolute Gasteiger partial charge is 0.375 e. The molecule has 1 aromatic heterocycles. The second kappa shape index (κ2) is 5.53. The lowest BCUT2D eigenvalue weighted by Gasteiger charge is -2.07. The van der Waals surface area contributed by atoms with Crippen molar-refractivity contribution in [3.05, 3.63) is 67.6 Å². The number of hydrogen-bond acceptors (Lipinski definition) is 4. The fraction of sp³-hybridized carbons (Fsp3) is 0.0714. The van der Waals surface area contributed by atoms with E-state index >= 15 is 0 Å². The molecule has 3 aromatic rings. The van der Waals surface area contributed by atoms with Crippen LogP contribution in [-0.2, 0) is 6.54 Å². The average Bonchev–Trinajstić information content (AvgIpc) is 2.85. The Labute approximate surface area is 129 Å². The van der Waals surface area contributed by atoms with E-state index in [1.165, 1.54) is 6.07 Å². The van der Waals surface area contributed by atoms with Crippen molar-refractivity contribution >= 4 is 34.0 Å². The summed E-state index contributed by atoms with van der Waals surface area (Å²) in [6, 6.07) is 9.88. The molecule has 0 saturated heterocycles. The van der Waals surface area contributed by atoms with Crippen LogP contribution in [0.15, 0.2) is 41.2 Å². The first kappa shape index (κ1) is 14.2. The highest BCUT2D eigenvalue weighted by Crippen LogP contribution is 2.28. The van der Waals surface area contributed by atoms with Crippen molar-refractivity contribution in [3.8, 4) is 0 Å². The molecule has 1 heterocycles. The molecule has 0 amide bonds. The predicted molar refractivity (Wildman–Crippen MR) is 84.4 cm³/mol. The second-order valence-electron chi connectivity index (χ2n) is 4.73. The summed E-state index contributed by atoms with van der Waals surface area (Å²) in [6.07, 6.45) is 0. The van der Waals surface area contributed by atoms with Crippen molar-refractivity contribution in [2.24, 2.45) is 0 Å². The Morgan fingerprint density at radius 1 is 1.14 bits per heavy atom. The number of nitrogens with zero attached hydrogens (tertiary/aromatic N) is 1. The number of nitrogens with one attached hydrogen (secondary N) is 3. The van der Waals surface area contributed by atoms with Gasteiger partial charge in [0.2, 0.25) is 0 Å². The molecule has 0 unspecified atom stereocenters. The maximum absolute atomic E-state index is 11.2. The van der Waals surface area contributed by atoms with Crippen LogP contribution in [0, 0.1) is 10.1 Å². The number of nitro benzene ring substituents is 1. The van der Waals surface area contributed by atoms with Crippen LogP contribution >= 0.6 is 11.6 Å². The predicted octanol–water partition coefficient (Wildman–Crippen LogP) is 3.03. The van der Waals surface area contributed by atoms with Gasteiger partial charge < -0.3 is 15.3 Å². The number of rotatable bonds is 4. The normalized spacial score (nSPS) is 10.8. The molecule has 0 aliphatic rings. The summed E-state index contributed by atoms with van der Waals surface area (Å²) in [6.45, 7) is 0.381. The minimum absolute atomic E-state index is 0.0800. The summed E-state index contributed by atoms with van der Waals surface area (Å²) in [7, 11) is 0. The van der Waals surface area contributed by atoms with Crippen molar-refractivity contribution in [2.45, 2.75) is 6.54 Å². The lowest BCUT2D eigenvalue weighted by Crippen LogP contribution is -2.02. The third-order valence-corrected chi connectivity index (χ3v) is 3.45. The van der Waals surface area contributed by atoms with Crippen LogP contribution in [0.5, 0.6) is 0 Å². The number of aromatic nitrogens is 2. The van der Waals surface area contributed by atoms with Gasteiger partial charge in [0, 0.05) is 17.6 Å². The summed E-state index contributed by atoms with van der Waals surface area (Å²) < 4.78 is 0. The van der Waals surface area contributed by atoms with E-state index in [4.69, 9.17) is 11.6 Å². The van der Waals surface area contributed by atoms with E-state index in [0.29, 0.717) is 28.3 Å². The highest BCUT2D eigenvalue weighted by atomic mass is 35.5. The molecule has 3 rings (SSSR count). The minimum Gasteiger partial charge on any atom is -0.375 e. The van der Waals surface area contributed by atoms with Gasteiger partial charge in [0.1, 0.15) is 5.69 Å². The third kappa shape index (κ3) is 2.79. The molecule has 0 spiro atoms. The molecular formula is C14H11ClN4O3. The van der Waals surface area contributed by atoms with Crippen molar-refractivity contribution in [2.75, 3.05) is 5.32 Å². The average molecular weight is 319 g/mol. The van der Waals surface area contributed by atoms with Crippen molar-refractivity contribution in [1.29, 1.82) is 0 Å². The molecule has 2 aromatic carbocycles. The van der Waals surface area contributed by atoms with E-state index in [1.54, 1.807) is 18.2 Å². The highest BCUT2D eigenvalue weighted by molar-refractivity contribution is 6.30. The van der Waals surface area contributed by atoms with Gasteiger partial charge in [-0.15, -0.1) is 0 Å². The molecule has 0 aliphatic carbocycles. The molecule has 3 N–H and O–H groups in total. The first-order valence-electron chi connectivity index (χ1n) is 6.42. The van der Waals surface area contributed by atoms with Crippen LogP contribution in [-0.4, -0.2) is 14.9 Å². The number of anilines is 1. The van der Waals surface area contributed by atoms with Crippen LogP contribution in [0.4, 0.5) is 11.4 Å². The van der Waals surface area contributed by atoms with E-state index in [-0.39, 0.29) is 11.4 Å². The molecular weight excluding hydrogens is 308 g/mol. The Hall–Kier alpha value is -2.80. The van der Waals surface area contributed by atoms with Crippen LogP contribution in [0.3, 0.4) is 0 Å². The fourth-order valence-electron chi connectivity index (χ4n) is 2.19. The zero-order valence-electron chi connectivity index (χ0n) is 11.2. The van der Waals surface area contributed by atoms with Gasteiger partial charge in [-0.1, -0.05) is 17.7 Å². The number of fused-ring (bicyclic) bond motifs is 1. The van der Waals surface area contributed by atoms with Gasteiger partial charge >= 0.3 is 5.69 Å². The van der Waals surface area contributed by atoms with Gasteiger partial charge in [-0.2, -0.15) is 0 Å². The summed E-state index contributed by atoms with van der Waals surface area (Å²) >= 11 is 5.78. The van der Waals surface area contributed by atoms with E-state index in [2.05, 4.69) is 15.3 Å². The smallest absolute Gasteiger partial charge is 0.323 e. The molecule has 22 heavy (non-hydrogen) atoms. The van der Waals surface area contributed by atoms with Gasteiger partial charge in [-0.3, -0.25) is 10.1 Å². The first-order valence-corrected chi connectivity index (χ1v) is 6.79. The standard InChI is InChI=1S/C14H11ClN4O3/c15-9-2-4-11(13(6-9)19(21)22)16-7-8-1-3-10-12(5-8)18-14(20)17-10/h1-6,16H,7H2,(H2,17,18,20). The Morgan fingerprint density at radius 2 is 1.91 bits per heavy atom. The Bertz CT molecular complexity index is 916. The molecule has 0 aliphatic heterocycles. The van der Waals surface area contributed by atoms with E-state index in [0.717, 1.165) is 5.56 Å². The molecule has 0 fully saturated rings. The highest BCUT2D eigenvalue weighted by Gasteiger charge is 2.14. The van der Waals surface area contributed by atoms with Crippen molar-refractivity contribution in [3.63, 3.8) is 0 Å². The fourth-order valence-corrected chi connectivity index (χ4v) is 2.36. The quantitative estimate of drug-likeness (QED) is 0.508. The molecule has 0 saturated carbocycles. The number of imidazole rings is 1. The monoisotopic (exact) mass is 318 g/mol. The number of H-pyrrole nitrogens is 2. The van der Waals surface area contributed by atoms with E-state index < -0.39 is 4.92 Å². The zero-order chi connectivity index (χ0) is 15.7. The summed E-state index contributed by atoms with van der Waals surface area (Å²) in [5.41, 5.74) is 2.32. The van der Waals surface area contributed by atoms with Gasteiger partial charge in [0.05, 0.1) is 16.0 Å². The molecule has 8 heteroatoms. The van der Waals surface area contributed by atoms with Gasteiger partial charge in [0.15, 0.2) is 0 Å². The van der Waals surface area contributed by atoms with Crippen LogP contribution in [0.2, 0.25) is 5.02 Å². The van der Waals surface area contributed by atoms with E-state index in [9.17, 15) is 14.9 Å². The van der Waals surface area contributed by atoms with Gasteiger partial charge in [-0.05, 0) is 29.8 Å². The topological polar surface area (TPSA) is 104 Å². The van der Waals surface area contributed by atoms with E-state index in [1.807, 2.05) is 12.1 Å². The Morgan fingerprint density at radius 3 is 2.68 bits per heavy atom. The van der Waals surface area contributed by atoms with Crippen LogP contribution in [0.1, 0.15) is 5.56 Å². The third-order valence-electron chi connectivity index (χ3n) is 3.22. The molecule has 0 bridgehead atoms. The van der Waals surface area contributed by atoms with Gasteiger partial charge in [0.25, 0.3) is 5.69 Å². The second-order valence-corrected chi connectivity index (χ2v) is 5.17. The Balaban J connectivity index is 1.84. The minimum atomic E-state index is -0.485. The number of benzene rings is 2. The lowest BCUT2D eigenvalue weighted by molar-refractivity contribution is -0.383. The Kier molecular flexibility index (Phi) is 3.56. The molecule has 7 nitrogen and oxygen atoms in total. The van der Waals surface area contributed by atoms with Crippen LogP contribution in [0.25, 0.3) is 11.0 Å². The van der Waals surface area contributed by atoms with Gasteiger partial charge in [-0.25, -0.2) is 4.79 Å². The summed E-state index contributed by atoms with van der Waals surface area (Å²) in [5, 5.41) is 14.3. The molecule has 0 atom stereocenters. The lowest BCUT2D eigenvalue weighted by atomic mass is 10.2. The maximum atomic E-state index is 11.2. The first-order chi connectivity index (χ1) is 10.5. The molecule has 112 valence electrons. The number of halogens is 1. The number of aromatic amines is 2. The maximum Gasteiger partial charge on any atom is 0.323 e. The van der Waals surface area contributed by atoms with Crippen LogP contribution < -0.4 is 11.0 Å². The zero-order valence-corrected chi connectivity index (χ0v) is 12.0. The van der Waals surface area contributed by atoms with Crippen molar-refractivity contribution < 1.29 is 4.92 Å².